The van der Waals surface area contributed by atoms with E-state index in [0.717, 1.165) is 37.7 Å². The van der Waals surface area contributed by atoms with Crippen molar-refractivity contribution in [3.8, 4) is 0 Å². The van der Waals surface area contributed by atoms with E-state index in [1.54, 1.807) is 0 Å². The largest absolute Gasteiger partial charge is 0.481 e. The Labute approximate surface area is 148 Å². The second-order valence-electron chi connectivity index (χ2n) is 8.61. The van der Waals surface area contributed by atoms with Crippen LogP contribution in [0.15, 0.2) is 30.3 Å². The highest BCUT2D eigenvalue weighted by atomic mass is 16.4. The van der Waals surface area contributed by atoms with Crippen molar-refractivity contribution in [2.75, 3.05) is 0 Å². The molecule has 4 bridgehead atoms. The van der Waals surface area contributed by atoms with Crippen LogP contribution in [0, 0.1) is 17.3 Å². The minimum absolute atomic E-state index is 0.147. The number of aliphatic carboxylic acids is 1. The number of nitrogens with one attached hydrogen (secondary N) is 1. The third-order valence-corrected chi connectivity index (χ3v) is 6.54. The van der Waals surface area contributed by atoms with Crippen LogP contribution in [0.5, 0.6) is 0 Å². The molecule has 4 fully saturated rings. The van der Waals surface area contributed by atoms with Crippen molar-refractivity contribution in [1.82, 2.24) is 5.32 Å². The maximum atomic E-state index is 12.7. The second-order valence-corrected chi connectivity index (χ2v) is 8.61. The molecule has 134 valence electrons. The monoisotopic (exact) mass is 342 g/mol. The average Bonchev–Trinajstić information content (AvgIpc) is 2.54. The summed E-state index contributed by atoms with van der Waals surface area (Å²) in [5, 5.41) is 13.0. The van der Waals surface area contributed by atoms with E-state index in [0.29, 0.717) is 24.7 Å². The highest BCUT2D eigenvalue weighted by molar-refractivity contribution is 5.83. The Morgan fingerprint density at radius 1 is 1.16 bits per heavy atom. The number of carbonyl (C=O) groups is 2. The van der Waals surface area contributed by atoms with Gasteiger partial charge in [0.15, 0.2) is 0 Å². The van der Waals surface area contributed by atoms with Crippen molar-refractivity contribution in [1.29, 1.82) is 0 Å². The van der Waals surface area contributed by atoms with Gasteiger partial charge in [-0.3, -0.25) is 9.59 Å². The van der Waals surface area contributed by atoms with Gasteiger partial charge in [-0.05, 0) is 62.3 Å². The first-order valence-electron chi connectivity index (χ1n) is 9.25. The number of carboxylic acids is 1. The molecule has 4 N–H and O–H groups in total. The molecule has 4 aliphatic rings. The van der Waals surface area contributed by atoms with Gasteiger partial charge in [0.25, 0.3) is 0 Å². The molecule has 4 aliphatic carbocycles. The van der Waals surface area contributed by atoms with Gasteiger partial charge in [0, 0.05) is 5.54 Å². The summed E-state index contributed by atoms with van der Waals surface area (Å²) in [6, 6.07) is 9.16. The number of nitrogens with two attached hydrogens (primary N) is 1. The Kier molecular flexibility index (Phi) is 3.87. The molecule has 1 aromatic rings. The molecular formula is C20H26N2O3. The van der Waals surface area contributed by atoms with Crippen molar-refractivity contribution < 1.29 is 14.7 Å². The summed E-state index contributed by atoms with van der Waals surface area (Å²) in [7, 11) is 0. The molecule has 3 atom stereocenters. The lowest BCUT2D eigenvalue weighted by Crippen LogP contribution is -2.66. The summed E-state index contributed by atoms with van der Waals surface area (Å²) in [5.74, 6) is 0.00569. The Morgan fingerprint density at radius 2 is 1.80 bits per heavy atom. The first-order valence-corrected chi connectivity index (χ1v) is 9.25. The molecule has 0 spiro atoms. The molecule has 1 aromatic carbocycles. The zero-order valence-corrected chi connectivity index (χ0v) is 14.4. The van der Waals surface area contributed by atoms with E-state index in [-0.39, 0.29) is 11.4 Å². The number of benzene rings is 1. The van der Waals surface area contributed by atoms with E-state index in [1.165, 1.54) is 0 Å². The molecule has 5 heteroatoms. The van der Waals surface area contributed by atoms with Gasteiger partial charge in [-0.1, -0.05) is 30.3 Å². The zero-order valence-electron chi connectivity index (χ0n) is 14.4. The molecule has 0 aliphatic heterocycles. The molecule has 0 saturated heterocycles. The SMILES string of the molecule is N[C@@H](Cc1ccccc1)C(=O)NC12CC3CC(C1)CC(C(=O)O)(C3)C2. The molecule has 2 unspecified atom stereocenters. The van der Waals surface area contributed by atoms with Crippen LogP contribution in [-0.4, -0.2) is 28.6 Å². The number of rotatable bonds is 5. The Balaban J connectivity index is 1.48. The van der Waals surface area contributed by atoms with Crippen LogP contribution >= 0.6 is 0 Å². The smallest absolute Gasteiger partial charge is 0.309 e. The topological polar surface area (TPSA) is 92.4 Å². The third-order valence-electron chi connectivity index (χ3n) is 6.54. The lowest BCUT2D eigenvalue weighted by Gasteiger charge is -2.60. The van der Waals surface area contributed by atoms with Crippen LogP contribution in [0.1, 0.15) is 44.1 Å². The van der Waals surface area contributed by atoms with Crippen LogP contribution in [0.3, 0.4) is 0 Å². The lowest BCUT2D eigenvalue weighted by atomic mass is 9.47. The van der Waals surface area contributed by atoms with Gasteiger partial charge in [-0.25, -0.2) is 0 Å². The number of hydrogen-bond donors (Lipinski definition) is 3. The lowest BCUT2D eigenvalue weighted by molar-refractivity contribution is -0.169. The van der Waals surface area contributed by atoms with E-state index in [4.69, 9.17) is 5.73 Å². The molecule has 0 heterocycles. The fraction of sp³-hybridized carbons (Fsp3) is 0.600. The van der Waals surface area contributed by atoms with Crippen LogP contribution in [-0.2, 0) is 16.0 Å². The molecule has 0 radical (unpaired) electrons. The molecule has 0 aromatic heterocycles. The second kappa shape index (κ2) is 5.84. The summed E-state index contributed by atoms with van der Waals surface area (Å²) >= 11 is 0. The molecule has 5 nitrogen and oxygen atoms in total. The van der Waals surface area contributed by atoms with Gasteiger partial charge in [0.2, 0.25) is 5.91 Å². The maximum absolute atomic E-state index is 12.7. The number of hydrogen-bond acceptors (Lipinski definition) is 3. The predicted molar refractivity (Wildman–Crippen MR) is 93.7 cm³/mol. The van der Waals surface area contributed by atoms with Gasteiger partial charge < -0.3 is 16.2 Å². The Bertz CT molecular complexity index is 673. The molecule has 4 saturated carbocycles. The fourth-order valence-corrected chi connectivity index (χ4v) is 5.97. The van der Waals surface area contributed by atoms with Crippen molar-refractivity contribution in [2.24, 2.45) is 23.0 Å². The van der Waals surface area contributed by atoms with Crippen molar-refractivity contribution in [3.63, 3.8) is 0 Å². The first-order chi connectivity index (χ1) is 11.9. The fourth-order valence-electron chi connectivity index (χ4n) is 5.97. The van der Waals surface area contributed by atoms with E-state index >= 15 is 0 Å². The first kappa shape index (κ1) is 16.6. The van der Waals surface area contributed by atoms with E-state index in [2.05, 4.69) is 5.32 Å². The summed E-state index contributed by atoms with van der Waals surface area (Å²) in [6.45, 7) is 0. The van der Waals surface area contributed by atoms with Crippen LogP contribution in [0.4, 0.5) is 0 Å². The summed E-state index contributed by atoms with van der Waals surface area (Å²) in [6.07, 6.45) is 5.53. The maximum Gasteiger partial charge on any atom is 0.309 e. The molecule has 1 amide bonds. The van der Waals surface area contributed by atoms with Gasteiger partial charge >= 0.3 is 5.97 Å². The summed E-state index contributed by atoms with van der Waals surface area (Å²) < 4.78 is 0. The standard InChI is InChI=1S/C20H26N2O3/c21-16(7-13-4-2-1-3-5-13)17(23)22-20-10-14-6-15(11-20)9-19(8-14,12-20)18(24)25/h1-5,14-16H,6-12,21H2,(H,22,23)(H,24,25)/t14?,15?,16-,19?,20?/m0/s1. The van der Waals surface area contributed by atoms with E-state index < -0.39 is 17.4 Å². The van der Waals surface area contributed by atoms with Crippen molar-refractivity contribution in [2.45, 2.75) is 56.5 Å². The van der Waals surface area contributed by atoms with Gasteiger partial charge in [0.1, 0.15) is 0 Å². The minimum Gasteiger partial charge on any atom is -0.481 e. The Hall–Kier alpha value is -1.88. The van der Waals surface area contributed by atoms with Gasteiger partial charge in [0.05, 0.1) is 11.5 Å². The van der Waals surface area contributed by atoms with Crippen molar-refractivity contribution in [3.05, 3.63) is 35.9 Å². The molecule has 5 rings (SSSR count). The number of carbonyl (C=O) groups excluding carboxylic acids is 1. The Morgan fingerprint density at radius 3 is 2.40 bits per heavy atom. The average molecular weight is 342 g/mol. The molecule has 25 heavy (non-hydrogen) atoms. The summed E-state index contributed by atoms with van der Waals surface area (Å²) in [4.78, 5) is 24.6. The predicted octanol–water partition coefficient (Wildman–Crippen LogP) is 2.10. The number of amides is 1. The third kappa shape index (κ3) is 2.95. The van der Waals surface area contributed by atoms with Crippen molar-refractivity contribution >= 4 is 11.9 Å². The van der Waals surface area contributed by atoms with Crippen LogP contribution in [0.25, 0.3) is 0 Å². The highest BCUT2D eigenvalue weighted by Crippen LogP contribution is 2.61. The van der Waals surface area contributed by atoms with Crippen LogP contribution < -0.4 is 11.1 Å². The number of carboxylic acid groups (broad SMARTS) is 1. The normalized spacial score (nSPS) is 36.8. The minimum atomic E-state index is -0.686. The zero-order chi connectivity index (χ0) is 17.7. The van der Waals surface area contributed by atoms with Crippen LogP contribution in [0.2, 0.25) is 0 Å². The highest BCUT2D eigenvalue weighted by Gasteiger charge is 2.61. The van der Waals surface area contributed by atoms with Gasteiger partial charge in [-0.2, -0.15) is 0 Å². The van der Waals surface area contributed by atoms with Gasteiger partial charge in [-0.15, -0.1) is 0 Å². The summed E-state index contributed by atoms with van der Waals surface area (Å²) in [5.41, 5.74) is 6.18. The van der Waals surface area contributed by atoms with E-state index in [1.807, 2.05) is 30.3 Å². The molecular weight excluding hydrogens is 316 g/mol. The van der Waals surface area contributed by atoms with E-state index in [9.17, 15) is 14.7 Å². The quantitative estimate of drug-likeness (QED) is 0.764.